The molecule has 9 heteroatoms. The lowest BCUT2D eigenvalue weighted by molar-refractivity contribution is -0.136. The minimum atomic E-state index is -0.988. The number of rotatable bonds is 5. The standard InChI is InChI=1S/C17H20N4O5/c1-17(18,8-22)7-19-9-2-3-10-11(6-9)16(26)21(15(10)25)12-4-5-13(23)20-14(12)24/h2-3,6,12,19,22H,4-5,7-8,18H2,1H3,(H,20,23,24). The Morgan fingerprint density at radius 3 is 2.62 bits per heavy atom. The maximum absolute atomic E-state index is 12.7. The summed E-state index contributed by atoms with van der Waals surface area (Å²) in [6.07, 6.45) is 0.191. The highest BCUT2D eigenvalue weighted by Crippen LogP contribution is 2.29. The Labute approximate surface area is 149 Å². The lowest BCUT2D eigenvalue weighted by atomic mass is 10.0. The van der Waals surface area contributed by atoms with Gasteiger partial charge in [-0.2, -0.15) is 0 Å². The summed E-state index contributed by atoms with van der Waals surface area (Å²) in [7, 11) is 0. The van der Waals surface area contributed by atoms with Gasteiger partial charge in [0, 0.05) is 18.7 Å². The van der Waals surface area contributed by atoms with Crippen LogP contribution in [0.15, 0.2) is 18.2 Å². The molecule has 0 radical (unpaired) electrons. The summed E-state index contributed by atoms with van der Waals surface area (Å²) in [6, 6.07) is 3.68. The number of fused-ring (bicyclic) bond motifs is 1. The third-order valence-electron chi connectivity index (χ3n) is 4.50. The first-order valence-electron chi connectivity index (χ1n) is 8.23. The fraction of sp³-hybridized carbons (Fsp3) is 0.412. The number of amides is 4. The van der Waals surface area contributed by atoms with E-state index >= 15 is 0 Å². The zero-order valence-corrected chi connectivity index (χ0v) is 14.2. The molecule has 1 saturated heterocycles. The monoisotopic (exact) mass is 360 g/mol. The molecule has 2 heterocycles. The molecule has 1 aromatic rings. The lowest BCUT2D eigenvalue weighted by Gasteiger charge is -2.27. The molecule has 4 amide bonds. The predicted octanol–water partition coefficient (Wildman–Crippen LogP) is -0.791. The molecule has 0 aromatic heterocycles. The minimum Gasteiger partial charge on any atom is -0.394 e. The molecule has 3 rings (SSSR count). The summed E-state index contributed by atoms with van der Waals surface area (Å²) in [6.45, 7) is 1.72. The van der Waals surface area contributed by atoms with Gasteiger partial charge in [0.05, 0.1) is 23.3 Å². The maximum Gasteiger partial charge on any atom is 0.262 e. The number of aliphatic hydroxyl groups is 1. The maximum atomic E-state index is 12.7. The molecule has 2 atom stereocenters. The molecule has 0 spiro atoms. The number of aliphatic hydroxyl groups excluding tert-OH is 1. The van der Waals surface area contributed by atoms with Gasteiger partial charge in [0.15, 0.2) is 0 Å². The molecule has 2 aliphatic rings. The van der Waals surface area contributed by atoms with E-state index in [1.54, 1.807) is 13.0 Å². The van der Waals surface area contributed by atoms with Crippen LogP contribution in [0, 0.1) is 0 Å². The van der Waals surface area contributed by atoms with Crippen LogP contribution in [0.2, 0.25) is 0 Å². The number of imide groups is 2. The molecular weight excluding hydrogens is 340 g/mol. The predicted molar refractivity (Wildman–Crippen MR) is 91.3 cm³/mol. The van der Waals surface area contributed by atoms with E-state index < -0.39 is 35.2 Å². The first-order chi connectivity index (χ1) is 12.2. The zero-order valence-electron chi connectivity index (χ0n) is 14.2. The van der Waals surface area contributed by atoms with E-state index in [9.17, 15) is 24.3 Å². The van der Waals surface area contributed by atoms with Crippen molar-refractivity contribution in [1.29, 1.82) is 0 Å². The van der Waals surface area contributed by atoms with Crippen LogP contribution in [0.4, 0.5) is 5.69 Å². The number of anilines is 1. The summed E-state index contributed by atoms with van der Waals surface area (Å²) in [5.74, 6) is -2.18. The molecular formula is C17H20N4O5. The van der Waals surface area contributed by atoms with Crippen molar-refractivity contribution in [2.45, 2.75) is 31.3 Å². The Kier molecular flexibility index (Phi) is 4.51. The van der Waals surface area contributed by atoms with Crippen molar-refractivity contribution in [3.8, 4) is 0 Å². The highest BCUT2D eigenvalue weighted by atomic mass is 16.3. The van der Waals surface area contributed by atoms with E-state index in [1.165, 1.54) is 12.1 Å². The van der Waals surface area contributed by atoms with Crippen LogP contribution in [-0.4, -0.2) is 58.4 Å². The topological polar surface area (TPSA) is 142 Å². The number of carbonyl (C=O) groups is 4. The van der Waals surface area contributed by atoms with E-state index in [2.05, 4.69) is 10.6 Å². The second kappa shape index (κ2) is 6.50. The Morgan fingerprint density at radius 1 is 1.27 bits per heavy atom. The van der Waals surface area contributed by atoms with Gasteiger partial charge in [-0.1, -0.05) is 0 Å². The SMILES string of the molecule is CC(N)(CO)CNc1ccc2c(c1)C(=O)N(C1CCC(=O)NC1=O)C2=O. The van der Waals surface area contributed by atoms with Crippen LogP contribution < -0.4 is 16.4 Å². The summed E-state index contributed by atoms with van der Waals surface area (Å²) >= 11 is 0. The van der Waals surface area contributed by atoms with Crippen molar-refractivity contribution >= 4 is 29.3 Å². The van der Waals surface area contributed by atoms with Crippen LogP contribution in [0.5, 0.6) is 0 Å². The molecule has 1 aromatic carbocycles. The van der Waals surface area contributed by atoms with Crippen LogP contribution in [-0.2, 0) is 9.59 Å². The smallest absolute Gasteiger partial charge is 0.262 e. The van der Waals surface area contributed by atoms with Crippen LogP contribution in [0.1, 0.15) is 40.5 Å². The van der Waals surface area contributed by atoms with Gasteiger partial charge in [0.2, 0.25) is 11.8 Å². The molecule has 0 saturated carbocycles. The van der Waals surface area contributed by atoms with Gasteiger partial charge in [0.1, 0.15) is 6.04 Å². The lowest BCUT2D eigenvalue weighted by Crippen LogP contribution is -2.54. The average Bonchev–Trinajstić information content (AvgIpc) is 2.84. The Bertz CT molecular complexity index is 804. The Morgan fingerprint density at radius 2 is 1.96 bits per heavy atom. The highest BCUT2D eigenvalue weighted by molar-refractivity contribution is 6.23. The third-order valence-corrected chi connectivity index (χ3v) is 4.50. The van der Waals surface area contributed by atoms with Crippen molar-refractivity contribution in [3.05, 3.63) is 29.3 Å². The van der Waals surface area contributed by atoms with E-state index in [4.69, 9.17) is 5.73 Å². The number of hydrogen-bond acceptors (Lipinski definition) is 7. The van der Waals surface area contributed by atoms with Gasteiger partial charge in [-0.15, -0.1) is 0 Å². The third kappa shape index (κ3) is 3.18. The zero-order chi connectivity index (χ0) is 19.1. The molecule has 0 aliphatic carbocycles. The number of carbonyl (C=O) groups excluding carboxylic acids is 4. The highest BCUT2D eigenvalue weighted by Gasteiger charge is 2.44. The van der Waals surface area contributed by atoms with Crippen molar-refractivity contribution < 1.29 is 24.3 Å². The first-order valence-corrected chi connectivity index (χ1v) is 8.23. The van der Waals surface area contributed by atoms with Crippen molar-refractivity contribution in [1.82, 2.24) is 10.2 Å². The molecule has 138 valence electrons. The van der Waals surface area contributed by atoms with Crippen LogP contribution >= 0.6 is 0 Å². The fourth-order valence-electron chi connectivity index (χ4n) is 2.94. The Hall–Kier alpha value is -2.78. The van der Waals surface area contributed by atoms with Gasteiger partial charge in [-0.25, -0.2) is 0 Å². The molecule has 26 heavy (non-hydrogen) atoms. The van der Waals surface area contributed by atoms with Crippen molar-refractivity contribution in [3.63, 3.8) is 0 Å². The van der Waals surface area contributed by atoms with E-state index in [1.807, 2.05) is 0 Å². The summed E-state index contributed by atoms with van der Waals surface area (Å²) in [4.78, 5) is 49.5. The second-order valence-corrected chi connectivity index (χ2v) is 6.87. The minimum absolute atomic E-state index is 0.0762. The molecule has 0 bridgehead atoms. The fourth-order valence-corrected chi connectivity index (χ4v) is 2.94. The van der Waals surface area contributed by atoms with Gasteiger partial charge in [-0.05, 0) is 31.5 Å². The van der Waals surface area contributed by atoms with Gasteiger partial charge in [0.25, 0.3) is 11.8 Å². The molecule has 2 unspecified atom stereocenters. The first kappa shape index (κ1) is 18.0. The quantitative estimate of drug-likeness (QED) is 0.504. The molecule has 2 aliphatic heterocycles. The van der Waals surface area contributed by atoms with Gasteiger partial charge in [-0.3, -0.25) is 29.4 Å². The molecule has 1 fully saturated rings. The van der Waals surface area contributed by atoms with Crippen LogP contribution in [0.25, 0.3) is 0 Å². The average molecular weight is 360 g/mol. The van der Waals surface area contributed by atoms with E-state index in [0.29, 0.717) is 5.69 Å². The second-order valence-electron chi connectivity index (χ2n) is 6.87. The van der Waals surface area contributed by atoms with Gasteiger partial charge >= 0.3 is 0 Å². The summed E-state index contributed by atoms with van der Waals surface area (Å²) < 4.78 is 0. The molecule has 9 nitrogen and oxygen atoms in total. The number of piperidine rings is 1. The number of hydrogen-bond donors (Lipinski definition) is 4. The number of nitrogens with zero attached hydrogens (tertiary/aromatic N) is 1. The normalized spacial score (nSPS) is 22.1. The number of benzene rings is 1. The van der Waals surface area contributed by atoms with E-state index in [0.717, 1.165) is 4.90 Å². The summed E-state index contributed by atoms with van der Waals surface area (Å²) in [5.41, 5.74) is 5.99. The van der Waals surface area contributed by atoms with Crippen molar-refractivity contribution in [2.24, 2.45) is 5.73 Å². The largest absolute Gasteiger partial charge is 0.394 e. The number of nitrogens with two attached hydrogens (primary N) is 1. The Balaban J connectivity index is 1.82. The van der Waals surface area contributed by atoms with E-state index in [-0.39, 0.29) is 37.1 Å². The van der Waals surface area contributed by atoms with Crippen molar-refractivity contribution in [2.75, 3.05) is 18.5 Å². The van der Waals surface area contributed by atoms with Gasteiger partial charge < -0.3 is 16.2 Å². The van der Waals surface area contributed by atoms with Crippen LogP contribution in [0.3, 0.4) is 0 Å². The summed E-state index contributed by atoms with van der Waals surface area (Å²) in [5, 5.41) is 14.4. The molecule has 5 N–H and O–H groups in total. The number of nitrogens with one attached hydrogen (secondary N) is 2.